The molecule has 1 saturated carbocycles. The highest BCUT2D eigenvalue weighted by Gasteiger charge is 2.32. The number of carbonyl (C=O) groups is 1. The third-order valence-electron chi connectivity index (χ3n) is 4.23. The molecule has 2 unspecified atom stereocenters. The molecule has 1 heterocycles. The molecule has 0 aromatic heterocycles. The lowest BCUT2D eigenvalue weighted by atomic mass is 10.1. The first-order valence-electron chi connectivity index (χ1n) is 7.14. The zero-order chi connectivity index (χ0) is 13.0. The van der Waals surface area contributed by atoms with E-state index in [0.29, 0.717) is 0 Å². The van der Waals surface area contributed by atoms with Gasteiger partial charge in [0, 0.05) is 12.6 Å². The fraction of sp³-hybridized carbons (Fsp3) is 0.923. The lowest BCUT2D eigenvalue weighted by molar-refractivity contribution is -0.132. The minimum absolute atomic E-state index is 0.188. The Kier molecular flexibility index (Phi) is 4.97. The number of carbonyl (C=O) groups excluding carboxylic acids is 1. The Morgan fingerprint density at radius 1 is 1.33 bits per heavy atom. The summed E-state index contributed by atoms with van der Waals surface area (Å²) in [6.45, 7) is 4.23. The molecule has 1 aliphatic heterocycles. The Balaban J connectivity index is 1.80. The highest BCUT2D eigenvalue weighted by molar-refractivity contribution is 5.80. The van der Waals surface area contributed by atoms with Gasteiger partial charge in [0.1, 0.15) is 6.10 Å². The van der Waals surface area contributed by atoms with Gasteiger partial charge in [-0.3, -0.25) is 15.1 Å². The molecule has 5 nitrogen and oxygen atoms in total. The Morgan fingerprint density at radius 3 is 2.67 bits per heavy atom. The van der Waals surface area contributed by atoms with E-state index in [2.05, 4.69) is 17.2 Å². The van der Waals surface area contributed by atoms with Crippen molar-refractivity contribution in [1.29, 1.82) is 0 Å². The molecule has 2 atom stereocenters. The van der Waals surface area contributed by atoms with E-state index in [-0.39, 0.29) is 18.1 Å². The number of nitrogens with two attached hydrogens (primary N) is 1. The van der Waals surface area contributed by atoms with Gasteiger partial charge in [0.15, 0.2) is 0 Å². The Bertz CT molecular complexity index is 279. The number of hydrogen-bond donors (Lipinski definition) is 2. The van der Waals surface area contributed by atoms with Gasteiger partial charge in [-0.15, -0.1) is 0 Å². The van der Waals surface area contributed by atoms with Gasteiger partial charge in [-0.2, -0.15) is 0 Å². The minimum atomic E-state index is -0.345. The molecular formula is C13H25N3O2. The summed E-state index contributed by atoms with van der Waals surface area (Å²) in [4.78, 5) is 13.9. The van der Waals surface area contributed by atoms with Crippen LogP contribution in [0.15, 0.2) is 0 Å². The highest BCUT2D eigenvalue weighted by atomic mass is 16.5. The van der Waals surface area contributed by atoms with Crippen LogP contribution in [0.2, 0.25) is 0 Å². The van der Waals surface area contributed by atoms with Gasteiger partial charge in [-0.05, 0) is 32.2 Å². The third kappa shape index (κ3) is 3.22. The van der Waals surface area contributed by atoms with Gasteiger partial charge in [0.05, 0.1) is 6.10 Å². The summed E-state index contributed by atoms with van der Waals surface area (Å²) in [5.41, 5.74) is 2.17. The van der Waals surface area contributed by atoms with Crippen molar-refractivity contribution in [2.75, 3.05) is 13.1 Å². The van der Waals surface area contributed by atoms with Gasteiger partial charge >= 0.3 is 0 Å². The van der Waals surface area contributed by atoms with E-state index in [4.69, 9.17) is 10.6 Å². The normalized spacial score (nSPS) is 29.1. The number of hydrogen-bond acceptors (Lipinski definition) is 4. The van der Waals surface area contributed by atoms with Crippen LogP contribution in [-0.4, -0.2) is 42.1 Å². The summed E-state index contributed by atoms with van der Waals surface area (Å²) in [7, 11) is 0. The van der Waals surface area contributed by atoms with Gasteiger partial charge in [0.25, 0.3) is 5.91 Å². The van der Waals surface area contributed by atoms with E-state index in [1.807, 2.05) is 0 Å². The predicted molar refractivity (Wildman–Crippen MR) is 69.7 cm³/mol. The monoisotopic (exact) mass is 255 g/mol. The quantitative estimate of drug-likeness (QED) is 0.433. The van der Waals surface area contributed by atoms with Crippen LogP contribution in [0.4, 0.5) is 0 Å². The molecule has 0 spiro atoms. The van der Waals surface area contributed by atoms with Crippen molar-refractivity contribution in [3.63, 3.8) is 0 Å². The summed E-state index contributed by atoms with van der Waals surface area (Å²) in [5, 5.41) is 0. The van der Waals surface area contributed by atoms with E-state index < -0.39 is 0 Å². The maximum absolute atomic E-state index is 11.4. The average Bonchev–Trinajstić information content (AvgIpc) is 3.05. The molecule has 1 aliphatic carbocycles. The molecule has 104 valence electrons. The maximum Gasteiger partial charge on any atom is 0.263 e. The number of nitrogens with zero attached hydrogens (tertiary/aromatic N) is 1. The molecule has 1 saturated heterocycles. The summed E-state index contributed by atoms with van der Waals surface area (Å²) >= 11 is 0. The number of likely N-dealkylation sites (N-methyl/N-ethyl adjacent to an activating group) is 1. The van der Waals surface area contributed by atoms with E-state index in [1.165, 1.54) is 25.7 Å². The zero-order valence-corrected chi connectivity index (χ0v) is 11.2. The van der Waals surface area contributed by atoms with Crippen molar-refractivity contribution in [2.24, 2.45) is 5.84 Å². The van der Waals surface area contributed by atoms with E-state index in [9.17, 15) is 4.79 Å². The van der Waals surface area contributed by atoms with E-state index in [1.54, 1.807) is 0 Å². The van der Waals surface area contributed by atoms with Crippen LogP contribution >= 0.6 is 0 Å². The smallest absolute Gasteiger partial charge is 0.263 e. The molecule has 0 aromatic rings. The Morgan fingerprint density at radius 2 is 2.06 bits per heavy atom. The van der Waals surface area contributed by atoms with E-state index >= 15 is 0 Å². The van der Waals surface area contributed by atoms with Crippen molar-refractivity contribution in [2.45, 2.75) is 63.7 Å². The molecule has 2 aliphatic rings. The largest absolute Gasteiger partial charge is 0.364 e. The standard InChI is InChI=1S/C13H25N3O2/c1-2-16(10-5-3-4-6-10)9-11-7-8-12(18-11)13(17)15-14/h10-12H,2-9,14H2,1H3,(H,15,17). The Hall–Kier alpha value is -0.650. The number of nitrogens with one attached hydrogen (secondary N) is 1. The van der Waals surface area contributed by atoms with Crippen molar-refractivity contribution >= 4 is 5.91 Å². The molecule has 2 fully saturated rings. The SMILES string of the molecule is CCN(CC1CCC(C(=O)NN)O1)C1CCCC1. The molecule has 1 amide bonds. The van der Waals surface area contributed by atoms with Crippen LogP contribution in [0, 0.1) is 0 Å². The fourth-order valence-corrected chi connectivity index (χ4v) is 3.19. The van der Waals surface area contributed by atoms with Crippen LogP contribution in [0.5, 0.6) is 0 Å². The van der Waals surface area contributed by atoms with Crippen molar-refractivity contribution in [1.82, 2.24) is 10.3 Å². The van der Waals surface area contributed by atoms with Gasteiger partial charge in [-0.25, -0.2) is 5.84 Å². The highest BCUT2D eigenvalue weighted by Crippen LogP contribution is 2.26. The molecule has 0 aromatic carbocycles. The second-order valence-electron chi connectivity index (χ2n) is 5.36. The number of rotatable bonds is 5. The van der Waals surface area contributed by atoms with Crippen LogP contribution in [0.1, 0.15) is 45.4 Å². The lowest BCUT2D eigenvalue weighted by Gasteiger charge is -2.29. The van der Waals surface area contributed by atoms with Crippen molar-refractivity contribution < 1.29 is 9.53 Å². The second-order valence-corrected chi connectivity index (χ2v) is 5.36. The van der Waals surface area contributed by atoms with Crippen LogP contribution < -0.4 is 11.3 Å². The number of hydrazine groups is 1. The molecule has 5 heteroatoms. The first-order chi connectivity index (χ1) is 8.74. The Labute approximate surface area is 109 Å². The molecule has 18 heavy (non-hydrogen) atoms. The lowest BCUT2D eigenvalue weighted by Crippen LogP contribution is -2.41. The fourth-order valence-electron chi connectivity index (χ4n) is 3.19. The minimum Gasteiger partial charge on any atom is -0.364 e. The van der Waals surface area contributed by atoms with Gasteiger partial charge < -0.3 is 4.74 Å². The molecule has 0 bridgehead atoms. The van der Waals surface area contributed by atoms with Crippen LogP contribution in [0.3, 0.4) is 0 Å². The molecular weight excluding hydrogens is 230 g/mol. The van der Waals surface area contributed by atoms with Crippen molar-refractivity contribution in [3.8, 4) is 0 Å². The number of amides is 1. The van der Waals surface area contributed by atoms with Crippen LogP contribution in [0.25, 0.3) is 0 Å². The van der Waals surface area contributed by atoms with Crippen LogP contribution in [-0.2, 0) is 9.53 Å². The van der Waals surface area contributed by atoms with Gasteiger partial charge in [0.2, 0.25) is 0 Å². The average molecular weight is 255 g/mol. The summed E-state index contributed by atoms with van der Waals surface area (Å²) in [6.07, 6.45) is 6.92. The van der Waals surface area contributed by atoms with Gasteiger partial charge in [-0.1, -0.05) is 19.8 Å². The third-order valence-corrected chi connectivity index (χ3v) is 4.23. The first-order valence-corrected chi connectivity index (χ1v) is 7.14. The predicted octanol–water partition coefficient (Wildman–Crippen LogP) is 0.788. The zero-order valence-electron chi connectivity index (χ0n) is 11.2. The molecule has 3 N–H and O–H groups in total. The summed E-state index contributed by atoms with van der Waals surface area (Å²) in [6, 6.07) is 0.723. The van der Waals surface area contributed by atoms with Crippen molar-refractivity contribution in [3.05, 3.63) is 0 Å². The second kappa shape index (κ2) is 6.50. The maximum atomic E-state index is 11.4. The summed E-state index contributed by atoms with van der Waals surface area (Å²) < 4.78 is 5.77. The summed E-state index contributed by atoms with van der Waals surface area (Å²) in [5.74, 6) is 4.94. The molecule has 2 rings (SSSR count). The molecule has 0 radical (unpaired) electrons. The van der Waals surface area contributed by atoms with E-state index in [0.717, 1.165) is 32.0 Å². The number of ether oxygens (including phenoxy) is 1. The first kappa shape index (κ1) is 13.8. The topological polar surface area (TPSA) is 67.6 Å².